The zero-order chi connectivity index (χ0) is 20.0. The van der Waals surface area contributed by atoms with E-state index in [1.807, 2.05) is 0 Å². The average Bonchev–Trinajstić information content (AvgIpc) is 2.66. The number of alkyl halides is 3. The van der Waals surface area contributed by atoms with Gasteiger partial charge in [-0.25, -0.2) is 0 Å². The summed E-state index contributed by atoms with van der Waals surface area (Å²) in [5, 5.41) is 3.58. The van der Waals surface area contributed by atoms with Crippen LogP contribution in [0, 0.1) is 0 Å². The van der Waals surface area contributed by atoms with Crippen LogP contribution >= 0.6 is 0 Å². The maximum atomic E-state index is 13.1. The second-order valence-corrected chi connectivity index (χ2v) is 6.25. The largest absolute Gasteiger partial charge is 0.471 e. The van der Waals surface area contributed by atoms with Crippen molar-refractivity contribution >= 4 is 5.91 Å². The highest BCUT2D eigenvalue weighted by Crippen LogP contribution is 2.30. The molecule has 4 atom stereocenters. The summed E-state index contributed by atoms with van der Waals surface area (Å²) in [6.07, 6.45) is -5.80. The summed E-state index contributed by atoms with van der Waals surface area (Å²) in [6, 6.07) is 7.12. The van der Waals surface area contributed by atoms with Crippen molar-refractivity contribution in [3.8, 4) is 0 Å². The molecule has 1 heterocycles. The Morgan fingerprint density at radius 1 is 1.41 bits per heavy atom. The van der Waals surface area contributed by atoms with Gasteiger partial charge >= 0.3 is 12.1 Å². The van der Waals surface area contributed by atoms with Crippen molar-refractivity contribution < 1.29 is 27.4 Å². The summed E-state index contributed by atoms with van der Waals surface area (Å²) in [5.74, 6) is -1.92. The van der Waals surface area contributed by atoms with Gasteiger partial charge in [0.1, 0.15) is 0 Å². The van der Waals surface area contributed by atoms with Gasteiger partial charge in [-0.2, -0.15) is 13.2 Å². The Kier molecular flexibility index (Phi) is 7.06. The summed E-state index contributed by atoms with van der Waals surface area (Å²) in [7, 11) is 1.36. The van der Waals surface area contributed by atoms with Crippen LogP contribution in [0.1, 0.15) is 31.4 Å². The van der Waals surface area contributed by atoms with Crippen molar-refractivity contribution in [1.82, 2.24) is 4.90 Å². The molecule has 0 radical (unpaired) electrons. The quantitative estimate of drug-likeness (QED) is 0.421. The first-order valence-electron chi connectivity index (χ1n) is 8.43. The van der Waals surface area contributed by atoms with Gasteiger partial charge in [0.25, 0.3) is 0 Å². The van der Waals surface area contributed by atoms with E-state index in [0.29, 0.717) is 18.4 Å². The van der Waals surface area contributed by atoms with E-state index in [2.05, 4.69) is 10.0 Å². The fraction of sp³-hybridized carbons (Fsp3) is 0.588. The molecule has 0 aliphatic carbocycles. The van der Waals surface area contributed by atoms with E-state index in [1.165, 1.54) is 7.11 Å². The minimum Gasteiger partial charge on any atom is -0.355 e. The second kappa shape index (κ2) is 9.07. The first-order valence-corrected chi connectivity index (χ1v) is 8.43. The number of hydrogen-bond donors (Lipinski definition) is 0. The number of methoxy groups -OCH3 is 1. The van der Waals surface area contributed by atoms with Crippen molar-refractivity contribution in [2.75, 3.05) is 13.7 Å². The molecule has 1 fully saturated rings. The van der Waals surface area contributed by atoms with Gasteiger partial charge in [-0.1, -0.05) is 35.4 Å². The van der Waals surface area contributed by atoms with E-state index < -0.39 is 36.6 Å². The van der Waals surface area contributed by atoms with E-state index in [9.17, 15) is 18.0 Å². The highest BCUT2D eigenvalue weighted by Gasteiger charge is 2.45. The highest BCUT2D eigenvalue weighted by atomic mass is 19.4. The van der Waals surface area contributed by atoms with Gasteiger partial charge in [0.05, 0.1) is 18.2 Å². The molecule has 148 valence electrons. The summed E-state index contributed by atoms with van der Waals surface area (Å²) < 4.78 is 50.1. The Bertz CT molecular complexity index is 680. The molecule has 27 heavy (non-hydrogen) atoms. The van der Waals surface area contributed by atoms with Crippen molar-refractivity contribution in [1.29, 1.82) is 0 Å². The zero-order valence-corrected chi connectivity index (χ0v) is 15.0. The Balaban J connectivity index is 2.19. The Morgan fingerprint density at radius 2 is 2.07 bits per heavy atom. The molecule has 1 saturated heterocycles. The molecule has 1 aliphatic heterocycles. The zero-order valence-electron chi connectivity index (χ0n) is 15.0. The predicted molar refractivity (Wildman–Crippen MR) is 90.5 cm³/mol. The third-order valence-electron chi connectivity index (χ3n) is 4.51. The Morgan fingerprint density at radius 3 is 2.63 bits per heavy atom. The first kappa shape index (κ1) is 21.0. The molecule has 0 N–H and O–H groups in total. The summed E-state index contributed by atoms with van der Waals surface area (Å²) in [6.45, 7) is 1.29. The lowest BCUT2D eigenvalue weighted by atomic mass is 10.0. The molecule has 2 rings (SSSR count). The number of amides is 1. The van der Waals surface area contributed by atoms with E-state index in [4.69, 9.17) is 15.0 Å². The van der Waals surface area contributed by atoms with Crippen LogP contribution in [-0.2, 0) is 14.3 Å². The van der Waals surface area contributed by atoms with Crippen LogP contribution in [0.3, 0.4) is 0 Å². The number of carbonyl (C=O) groups is 1. The molecule has 0 saturated carbocycles. The summed E-state index contributed by atoms with van der Waals surface area (Å²) in [5.41, 5.74) is 9.16. The lowest BCUT2D eigenvalue weighted by Crippen LogP contribution is -2.49. The lowest BCUT2D eigenvalue weighted by Gasteiger charge is -2.38. The van der Waals surface area contributed by atoms with Gasteiger partial charge < -0.3 is 14.4 Å². The topological polar surface area (TPSA) is 87.5 Å². The standard InChI is InChI=1S/C17H21F3N4O3/c1-11(12-6-4-3-5-7-12)24(16(25)17(18,19)20)10-13-8-9-14(22-23-21)15(26-2)27-13/h3-7,11,13-15H,8-10H2,1-2H3/t11-,13+,14+,15?/m1/s1. The summed E-state index contributed by atoms with van der Waals surface area (Å²) in [4.78, 5) is 15.5. The molecule has 0 bridgehead atoms. The third-order valence-corrected chi connectivity index (χ3v) is 4.51. The minimum atomic E-state index is -4.99. The van der Waals surface area contributed by atoms with E-state index in [0.717, 1.165) is 4.90 Å². The molecular weight excluding hydrogens is 365 g/mol. The molecule has 1 unspecified atom stereocenters. The smallest absolute Gasteiger partial charge is 0.355 e. The number of ether oxygens (including phenoxy) is 2. The van der Waals surface area contributed by atoms with Crippen LogP contribution in [0.25, 0.3) is 10.4 Å². The number of carbonyl (C=O) groups excluding carboxylic acids is 1. The molecule has 10 heteroatoms. The maximum Gasteiger partial charge on any atom is 0.471 e. The van der Waals surface area contributed by atoms with E-state index in [-0.39, 0.29) is 6.54 Å². The number of benzene rings is 1. The third kappa shape index (κ3) is 5.35. The van der Waals surface area contributed by atoms with Crippen LogP contribution in [0.2, 0.25) is 0 Å². The van der Waals surface area contributed by atoms with Gasteiger partial charge in [0.15, 0.2) is 6.29 Å². The van der Waals surface area contributed by atoms with Crippen LogP contribution in [-0.4, -0.2) is 49.1 Å². The van der Waals surface area contributed by atoms with Gasteiger partial charge in [0.2, 0.25) is 0 Å². The predicted octanol–water partition coefficient (Wildman–Crippen LogP) is 3.97. The molecule has 0 aromatic heterocycles. The van der Waals surface area contributed by atoms with Gasteiger partial charge in [0, 0.05) is 18.6 Å². The van der Waals surface area contributed by atoms with Crippen molar-refractivity contribution in [3.05, 3.63) is 46.3 Å². The number of azide groups is 1. The molecule has 1 amide bonds. The van der Waals surface area contributed by atoms with Crippen molar-refractivity contribution in [2.45, 2.75) is 50.4 Å². The fourth-order valence-corrected chi connectivity index (χ4v) is 3.08. The monoisotopic (exact) mass is 386 g/mol. The molecule has 0 spiro atoms. The highest BCUT2D eigenvalue weighted by molar-refractivity contribution is 5.82. The van der Waals surface area contributed by atoms with Gasteiger partial charge in [-0.15, -0.1) is 0 Å². The molecule has 1 aliphatic rings. The van der Waals surface area contributed by atoms with Crippen molar-refractivity contribution in [2.24, 2.45) is 5.11 Å². The normalized spacial score (nSPS) is 24.0. The van der Waals surface area contributed by atoms with Crippen LogP contribution in [0.15, 0.2) is 35.4 Å². The fourth-order valence-electron chi connectivity index (χ4n) is 3.08. The average molecular weight is 386 g/mol. The number of halogens is 3. The Labute approximate surface area is 154 Å². The van der Waals surface area contributed by atoms with E-state index >= 15 is 0 Å². The molecule has 1 aromatic carbocycles. The molecule has 1 aromatic rings. The van der Waals surface area contributed by atoms with Crippen LogP contribution in [0.5, 0.6) is 0 Å². The van der Waals surface area contributed by atoms with E-state index in [1.54, 1.807) is 37.3 Å². The van der Waals surface area contributed by atoms with Crippen molar-refractivity contribution in [3.63, 3.8) is 0 Å². The van der Waals surface area contributed by atoms with Gasteiger partial charge in [-0.05, 0) is 30.9 Å². The molecular formula is C17H21F3N4O3. The van der Waals surface area contributed by atoms with Crippen LogP contribution in [0.4, 0.5) is 13.2 Å². The first-order chi connectivity index (χ1) is 12.8. The minimum absolute atomic E-state index is 0.253. The second-order valence-electron chi connectivity index (χ2n) is 6.25. The number of hydrogen-bond acceptors (Lipinski definition) is 4. The van der Waals surface area contributed by atoms with Crippen LogP contribution < -0.4 is 0 Å². The number of rotatable bonds is 6. The summed E-state index contributed by atoms with van der Waals surface area (Å²) >= 11 is 0. The Hall–Kier alpha value is -2.29. The van der Waals surface area contributed by atoms with Gasteiger partial charge in [-0.3, -0.25) is 4.79 Å². The lowest BCUT2D eigenvalue weighted by molar-refractivity contribution is -0.206. The molecule has 7 nitrogen and oxygen atoms in total. The SMILES string of the molecule is COC1O[C@H](CN(C(=O)C(F)(F)F)[C@H](C)c2ccccc2)CC[C@@H]1N=[N+]=[N-]. The number of nitrogens with zero attached hydrogens (tertiary/aromatic N) is 4. The maximum absolute atomic E-state index is 13.1.